The minimum Gasteiger partial charge on any atom is -0.354 e. The second kappa shape index (κ2) is 7.21. The van der Waals surface area contributed by atoms with E-state index in [2.05, 4.69) is 39.2 Å². The van der Waals surface area contributed by atoms with Crippen molar-refractivity contribution in [3.05, 3.63) is 23.2 Å². The number of halogens is 1. The Kier molecular flexibility index (Phi) is 5.32. The molecule has 2 aromatic heterocycles. The molecule has 1 N–H and O–H groups in total. The minimum atomic E-state index is 0.204. The Morgan fingerprint density at radius 3 is 2.62 bits per heavy atom. The topological polar surface area (TPSA) is 71.8 Å². The van der Waals surface area contributed by atoms with E-state index in [1.165, 1.54) is 0 Å². The molecule has 7 nitrogen and oxygen atoms in total. The number of anilines is 2. The molecule has 0 saturated carbocycles. The molecule has 0 fully saturated rings. The number of hydrogen-bond acceptors (Lipinski definition) is 6. The second-order valence-corrected chi connectivity index (χ2v) is 4.94. The van der Waals surface area contributed by atoms with Crippen LogP contribution in [0.1, 0.15) is 19.4 Å². The van der Waals surface area contributed by atoms with Crippen LogP contribution in [0.25, 0.3) is 0 Å². The van der Waals surface area contributed by atoms with Crippen LogP contribution >= 0.6 is 11.6 Å². The van der Waals surface area contributed by atoms with Crippen molar-refractivity contribution < 1.29 is 0 Å². The molecule has 2 aromatic rings. The molecule has 114 valence electrons. The molecule has 0 saturated heterocycles. The van der Waals surface area contributed by atoms with E-state index in [4.69, 9.17) is 11.6 Å². The lowest BCUT2D eigenvalue weighted by atomic mass is 10.2. The van der Waals surface area contributed by atoms with Gasteiger partial charge in [0.05, 0.1) is 6.20 Å². The van der Waals surface area contributed by atoms with Crippen LogP contribution in [0, 0.1) is 0 Å². The summed E-state index contributed by atoms with van der Waals surface area (Å²) < 4.78 is 1.79. The molecule has 0 spiro atoms. The summed E-state index contributed by atoms with van der Waals surface area (Å²) in [7, 11) is 1.90. The first-order valence-electron chi connectivity index (χ1n) is 7.00. The standard InChI is InChI=1S/C13H20ClN7/c1-4-21(5-2)13-18-11(14)17-12(19-13)15-7-6-10-8-16-20(3)9-10/h8-9H,4-7H2,1-3H3,(H,15,17,18,19). The van der Waals surface area contributed by atoms with Gasteiger partial charge in [0.2, 0.25) is 17.2 Å². The van der Waals surface area contributed by atoms with E-state index >= 15 is 0 Å². The van der Waals surface area contributed by atoms with Gasteiger partial charge in [0.15, 0.2) is 0 Å². The molecule has 2 rings (SSSR count). The van der Waals surface area contributed by atoms with Crippen molar-refractivity contribution in [1.29, 1.82) is 0 Å². The Morgan fingerprint density at radius 2 is 2.00 bits per heavy atom. The first-order valence-corrected chi connectivity index (χ1v) is 7.38. The Bertz CT molecular complexity index is 580. The van der Waals surface area contributed by atoms with E-state index in [0.717, 1.165) is 25.1 Å². The Morgan fingerprint density at radius 1 is 1.24 bits per heavy atom. The molecule has 2 heterocycles. The quantitative estimate of drug-likeness (QED) is 0.840. The molecular formula is C13H20ClN7. The monoisotopic (exact) mass is 309 g/mol. The molecule has 0 bridgehead atoms. The summed E-state index contributed by atoms with van der Waals surface area (Å²) >= 11 is 5.97. The zero-order chi connectivity index (χ0) is 15.2. The maximum Gasteiger partial charge on any atom is 0.231 e. The summed E-state index contributed by atoms with van der Waals surface area (Å²) in [5, 5.41) is 7.52. The molecule has 8 heteroatoms. The molecule has 0 aliphatic carbocycles. The van der Waals surface area contributed by atoms with E-state index in [0.29, 0.717) is 18.4 Å². The van der Waals surface area contributed by atoms with E-state index in [1.54, 1.807) is 4.68 Å². The summed E-state index contributed by atoms with van der Waals surface area (Å²) in [6.45, 7) is 6.47. The molecular weight excluding hydrogens is 290 g/mol. The van der Waals surface area contributed by atoms with Crippen LogP contribution in [-0.2, 0) is 13.5 Å². The lowest BCUT2D eigenvalue weighted by molar-refractivity contribution is 0.766. The average Bonchev–Trinajstić information content (AvgIpc) is 2.85. The first kappa shape index (κ1) is 15.5. The van der Waals surface area contributed by atoms with Gasteiger partial charge in [-0.05, 0) is 37.4 Å². The third kappa shape index (κ3) is 4.29. The van der Waals surface area contributed by atoms with Gasteiger partial charge in [0, 0.05) is 32.9 Å². The van der Waals surface area contributed by atoms with Crippen LogP contribution in [0.4, 0.5) is 11.9 Å². The van der Waals surface area contributed by atoms with Crippen molar-refractivity contribution in [1.82, 2.24) is 24.7 Å². The van der Waals surface area contributed by atoms with Crippen LogP contribution in [0.5, 0.6) is 0 Å². The Labute approximate surface area is 129 Å². The summed E-state index contributed by atoms with van der Waals surface area (Å²) in [4.78, 5) is 14.7. The van der Waals surface area contributed by atoms with Crippen molar-refractivity contribution in [2.75, 3.05) is 29.9 Å². The van der Waals surface area contributed by atoms with Gasteiger partial charge in [-0.15, -0.1) is 0 Å². The van der Waals surface area contributed by atoms with Crippen LogP contribution in [0.3, 0.4) is 0 Å². The summed E-state index contributed by atoms with van der Waals surface area (Å²) in [5.74, 6) is 1.10. The Balaban J connectivity index is 1.99. The van der Waals surface area contributed by atoms with Crippen LogP contribution < -0.4 is 10.2 Å². The van der Waals surface area contributed by atoms with Crippen molar-refractivity contribution >= 4 is 23.5 Å². The predicted octanol–water partition coefficient (Wildman–Crippen LogP) is 1.76. The van der Waals surface area contributed by atoms with Gasteiger partial charge in [-0.2, -0.15) is 20.1 Å². The fourth-order valence-electron chi connectivity index (χ4n) is 1.99. The highest BCUT2D eigenvalue weighted by atomic mass is 35.5. The molecule has 21 heavy (non-hydrogen) atoms. The maximum absolute atomic E-state index is 5.97. The number of aryl methyl sites for hydroxylation is 1. The number of aromatic nitrogens is 5. The van der Waals surface area contributed by atoms with Gasteiger partial charge in [-0.1, -0.05) is 0 Å². The van der Waals surface area contributed by atoms with Gasteiger partial charge in [0.25, 0.3) is 0 Å². The zero-order valence-corrected chi connectivity index (χ0v) is 13.3. The normalized spacial score (nSPS) is 10.7. The van der Waals surface area contributed by atoms with Crippen molar-refractivity contribution in [2.45, 2.75) is 20.3 Å². The first-order chi connectivity index (χ1) is 10.1. The molecule has 0 aliphatic heterocycles. The smallest absolute Gasteiger partial charge is 0.231 e. The summed E-state index contributed by atoms with van der Waals surface area (Å²) in [6, 6.07) is 0. The lowest BCUT2D eigenvalue weighted by Gasteiger charge is -2.18. The fraction of sp³-hybridized carbons (Fsp3) is 0.538. The number of nitrogens with zero attached hydrogens (tertiary/aromatic N) is 6. The minimum absolute atomic E-state index is 0.204. The average molecular weight is 310 g/mol. The van der Waals surface area contributed by atoms with E-state index in [-0.39, 0.29) is 5.28 Å². The summed E-state index contributed by atoms with van der Waals surface area (Å²) in [5.41, 5.74) is 1.16. The third-order valence-electron chi connectivity index (χ3n) is 3.10. The number of nitrogens with one attached hydrogen (secondary N) is 1. The predicted molar refractivity (Wildman–Crippen MR) is 83.8 cm³/mol. The largest absolute Gasteiger partial charge is 0.354 e. The molecule has 0 unspecified atom stereocenters. The molecule has 0 radical (unpaired) electrons. The van der Waals surface area contributed by atoms with Gasteiger partial charge in [-0.25, -0.2) is 0 Å². The molecule has 0 aliphatic rings. The molecule has 0 amide bonds. The molecule has 0 atom stereocenters. The zero-order valence-electron chi connectivity index (χ0n) is 12.5. The van der Waals surface area contributed by atoms with Gasteiger partial charge >= 0.3 is 0 Å². The highest BCUT2D eigenvalue weighted by Gasteiger charge is 2.09. The third-order valence-corrected chi connectivity index (χ3v) is 3.27. The summed E-state index contributed by atoms with van der Waals surface area (Å²) in [6.07, 6.45) is 4.69. The van der Waals surface area contributed by atoms with Gasteiger partial charge in [0.1, 0.15) is 0 Å². The SMILES string of the molecule is CCN(CC)c1nc(Cl)nc(NCCc2cnn(C)c2)n1. The lowest BCUT2D eigenvalue weighted by Crippen LogP contribution is -2.25. The Hall–Kier alpha value is -1.89. The van der Waals surface area contributed by atoms with E-state index < -0.39 is 0 Å². The number of hydrogen-bond donors (Lipinski definition) is 1. The second-order valence-electron chi connectivity index (χ2n) is 4.60. The van der Waals surface area contributed by atoms with Crippen molar-refractivity contribution in [3.8, 4) is 0 Å². The van der Waals surface area contributed by atoms with Crippen LogP contribution in [-0.4, -0.2) is 44.4 Å². The highest BCUT2D eigenvalue weighted by molar-refractivity contribution is 6.28. The van der Waals surface area contributed by atoms with Crippen LogP contribution in [0.15, 0.2) is 12.4 Å². The van der Waals surface area contributed by atoms with Crippen molar-refractivity contribution in [3.63, 3.8) is 0 Å². The van der Waals surface area contributed by atoms with Gasteiger partial charge in [-0.3, -0.25) is 4.68 Å². The van der Waals surface area contributed by atoms with E-state index in [9.17, 15) is 0 Å². The number of rotatable bonds is 7. The van der Waals surface area contributed by atoms with Gasteiger partial charge < -0.3 is 10.2 Å². The van der Waals surface area contributed by atoms with E-state index in [1.807, 2.05) is 24.3 Å². The van der Waals surface area contributed by atoms with Crippen molar-refractivity contribution in [2.24, 2.45) is 7.05 Å². The highest BCUT2D eigenvalue weighted by Crippen LogP contribution is 2.13. The maximum atomic E-state index is 5.97. The van der Waals surface area contributed by atoms with Crippen LogP contribution in [0.2, 0.25) is 5.28 Å². The fourth-order valence-corrected chi connectivity index (χ4v) is 2.14. The molecule has 0 aromatic carbocycles.